The van der Waals surface area contributed by atoms with Crippen LogP contribution < -0.4 is 4.72 Å². The number of H-pyrrole nitrogens is 1. The minimum absolute atomic E-state index is 0.115. The van der Waals surface area contributed by atoms with E-state index < -0.39 is 10.0 Å². The third-order valence-electron chi connectivity index (χ3n) is 2.71. The van der Waals surface area contributed by atoms with Crippen LogP contribution in [-0.2, 0) is 10.0 Å². The maximum atomic E-state index is 12.2. The number of hydrogen-bond donors (Lipinski definition) is 2. The SMILES string of the molecule is Cc1ncc(S(=O)(=O)NC(CCBr)C(C)(C)C)[nH]1. The highest BCUT2D eigenvalue weighted by Crippen LogP contribution is 2.24. The molecule has 0 aliphatic heterocycles. The number of aromatic nitrogens is 2. The molecule has 5 nitrogen and oxygen atoms in total. The van der Waals surface area contributed by atoms with Crippen LogP contribution in [0.2, 0.25) is 0 Å². The number of halogens is 1. The lowest BCUT2D eigenvalue weighted by Crippen LogP contribution is -2.44. The van der Waals surface area contributed by atoms with Gasteiger partial charge in [0.25, 0.3) is 10.0 Å². The van der Waals surface area contributed by atoms with E-state index in [9.17, 15) is 8.42 Å². The van der Waals surface area contributed by atoms with E-state index in [0.29, 0.717) is 5.82 Å². The normalized spacial score (nSPS) is 14.7. The molecule has 0 radical (unpaired) electrons. The van der Waals surface area contributed by atoms with Crippen LogP contribution in [-0.4, -0.2) is 29.8 Å². The van der Waals surface area contributed by atoms with Crippen molar-refractivity contribution in [1.82, 2.24) is 14.7 Å². The fourth-order valence-electron chi connectivity index (χ4n) is 1.56. The maximum Gasteiger partial charge on any atom is 0.257 e. The molecule has 2 N–H and O–H groups in total. The molecule has 0 fully saturated rings. The Balaban J connectivity index is 2.93. The highest BCUT2D eigenvalue weighted by atomic mass is 79.9. The van der Waals surface area contributed by atoms with Crippen molar-refractivity contribution in [3.63, 3.8) is 0 Å². The topological polar surface area (TPSA) is 74.8 Å². The van der Waals surface area contributed by atoms with Gasteiger partial charge in [0.2, 0.25) is 0 Å². The van der Waals surface area contributed by atoms with E-state index in [0.717, 1.165) is 11.8 Å². The highest BCUT2D eigenvalue weighted by Gasteiger charge is 2.29. The van der Waals surface area contributed by atoms with Crippen LogP contribution >= 0.6 is 15.9 Å². The van der Waals surface area contributed by atoms with Crippen LogP contribution in [0, 0.1) is 12.3 Å². The van der Waals surface area contributed by atoms with E-state index in [1.807, 2.05) is 20.8 Å². The smallest absolute Gasteiger partial charge is 0.257 e. The maximum absolute atomic E-state index is 12.2. The molecule has 1 aromatic rings. The fourth-order valence-corrected chi connectivity index (χ4v) is 3.47. The largest absolute Gasteiger partial charge is 0.332 e. The van der Waals surface area contributed by atoms with Gasteiger partial charge in [0.1, 0.15) is 5.82 Å². The van der Waals surface area contributed by atoms with Crippen molar-refractivity contribution in [2.45, 2.75) is 45.2 Å². The van der Waals surface area contributed by atoms with Crippen molar-refractivity contribution in [2.75, 3.05) is 5.33 Å². The van der Waals surface area contributed by atoms with Gasteiger partial charge in [-0.2, -0.15) is 0 Å². The summed E-state index contributed by atoms with van der Waals surface area (Å²) in [6, 6.07) is -0.134. The first-order valence-electron chi connectivity index (χ1n) is 5.76. The minimum Gasteiger partial charge on any atom is -0.332 e. The molecular weight excluding hydrogens is 318 g/mol. The van der Waals surface area contributed by atoms with Crippen molar-refractivity contribution in [1.29, 1.82) is 0 Å². The molecule has 0 saturated carbocycles. The third-order valence-corrected chi connectivity index (χ3v) is 4.55. The molecule has 0 aliphatic carbocycles. The average Bonchev–Trinajstić information content (AvgIpc) is 2.63. The number of nitrogens with one attached hydrogen (secondary N) is 2. The molecule has 0 amide bonds. The van der Waals surface area contributed by atoms with Gasteiger partial charge in [0, 0.05) is 11.4 Å². The van der Waals surface area contributed by atoms with Crippen LogP contribution in [0.1, 0.15) is 33.0 Å². The van der Waals surface area contributed by atoms with Crippen molar-refractivity contribution in [3.05, 3.63) is 12.0 Å². The van der Waals surface area contributed by atoms with Gasteiger partial charge in [-0.15, -0.1) is 0 Å². The molecule has 0 saturated heterocycles. The molecule has 7 heteroatoms. The van der Waals surface area contributed by atoms with Gasteiger partial charge in [-0.05, 0) is 18.8 Å². The molecule has 0 aromatic carbocycles. The van der Waals surface area contributed by atoms with Crippen molar-refractivity contribution in [2.24, 2.45) is 5.41 Å². The van der Waals surface area contributed by atoms with Gasteiger partial charge in [-0.3, -0.25) is 0 Å². The second-order valence-corrected chi connectivity index (χ2v) is 7.83. The fraction of sp³-hybridized carbons (Fsp3) is 0.727. The Hall–Kier alpha value is -0.400. The lowest BCUT2D eigenvalue weighted by molar-refractivity contribution is 0.293. The molecule has 1 atom stereocenters. The standard InChI is InChI=1S/C11H20BrN3O2S/c1-8-13-7-10(14-8)18(16,17)15-9(5-6-12)11(2,3)4/h7,9,15H,5-6H2,1-4H3,(H,13,14). The van der Waals surface area contributed by atoms with E-state index in [-0.39, 0.29) is 16.5 Å². The Bertz CT molecular complexity index is 491. The Morgan fingerprint density at radius 2 is 2.11 bits per heavy atom. The van der Waals surface area contributed by atoms with Crippen molar-refractivity contribution < 1.29 is 8.42 Å². The second-order valence-electron chi connectivity index (χ2n) is 5.35. The molecule has 0 aliphatic rings. The number of imidazole rings is 1. The number of hydrogen-bond acceptors (Lipinski definition) is 3. The zero-order valence-corrected chi connectivity index (χ0v) is 13.5. The average molecular weight is 338 g/mol. The van der Waals surface area contributed by atoms with Gasteiger partial charge in [0.05, 0.1) is 6.20 Å². The number of rotatable bonds is 5. The van der Waals surface area contributed by atoms with Gasteiger partial charge in [-0.25, -0.2) is 18.1 Å². The third kappa shape index (κ3) is 4.07. The van der Waals surface area contributed by atoms with Crippen molar-refractivity contribution in [3.8, 4) is 0 Å². The molecule has 1 rings (SSSR count). The van der Waals surface area contributed by atoms with E-state index in [1.54, 1.807) is 6.92 Å². The summed E-state index contributed by atoms with van der Waals surface area (Å²) in [4.78, 5) is 6.66. The Morgan fingerprint density at radius 1 is 1.50 bits per heavy atom. The van der Waals surface area contributed by atoms with Gasteiger partial charge >= 0.3 is 0 Å². The summed E-state index contributed by atoms with van der Waals surface area (Å²) in [7, 11) is -3.53. The van der Waals surface area contributed by atoms with Crippen molar-refractivity contribution >= 4 is 26.0 Å². The number of aryl methyl sites for hydroxylation is 1. The van der Waals surface area contributed by atoms with Crippen LogP contribution in [0.15, 0.2) is 11.2 Å². The van der Waals surface area contributed by atoms with E-state index in [4.69, 9.17) is 0 Å². The zero-order chi connectivity index (χ0) is 14.0. The van der Waals surface area contributed by atoms with Crippen LogP contribution in [0.5, 0.6) is 0 Å². The summed E-state index contributed by atoms with van der Waals surface area (Å²) in [6.07, 6.45) is 2.07. The molecule has 104 valence electrons. The minimum atomic E-state index is -3.53. The number of alkyl halides is 1. The second kappa shape index (κ2) is 5.71. The zero-order valence-electron chi connectivity index (χ0n) is 11.1. The first-order chi connectivity index (χ1) is 8.16. The van der Waals surface area contributed by atoms with Crippen LogP contribution in [0.4, 0.5) is 0 Å². The van der Waals surface area contributed by atoms with E-state index in [2.05, 4.69) is 30.6 Å². The van der Waals surface area contributed by atoms with Gasteiger partial charge in [-0.1, -0.05) is 36.7 Å². The van der Waals surface area contributed by atoms with E-state index in [1.165, 1.54) is 6.20 Å². The number of sulfonamides is 1. The quantitative estimate of drug-likeness (QED) is 0.808. The van der Waals surface area contributed by atoms with Gasteiger partial charge < -0.3 is 4.98 Å². The summed E-state index contributed by atoms with van der Waals surface area (Å²) in [6.45, 7) is 7.77. The predicted octanol–water partition coefficient (Wildman–Crippen LogP) is 2.20. The summed E-state index contributed by atoms with van der Waals surface area (Å²) in [5.41, 5.74) is -0.143. The summed E-state index contributed by atoms with van der Waals surface area (Å²) in [5, 5.41) is 0.864. The lowest BCUT2D eigenvalue weighted by Gasteiger charge is -2.30. The predicted molar refractivity (Wildman–Crippen MR) is 75.3 cm³/mol. The Morgan fingerprint density at radius 3 is 2.50 bits per heavy atom. The molecule has 0 bridgehead atoms. The summed E-state index contributed by atoms with van der Waals surface area (Å²) < 4.78 is 27.1. The molecular formula is C11H20BrN3O2S. The number of nitrogens with zero attached hydrogens (tertiary/aromatic N) is 1. The Labute approximate surface area is 117 Å². The monoisotopic (exact) mass is 337 g/mol. The highest BCUT2D eigenvalue weighted by molar-refractivity contribution is 9.09. The van der Waals surface area contributed by atoms with Crippen LogP contribution in [0.25, 0.3) is 0 Å². The molecule has 0 spiro atoms. The molecule has 1 heterocycles. The number of aromatic amines is 1. The van der Waals surface area contributed by atoms with Crippen LogP contribution in [0.3, 0.4) is 0 Å². The Kier molecular flexibility index (Phi) is 4.97. The first-order valence-corrected chi connectivity index (χ1v) is 8.37. The summed E-state index contributed by atoms with van der Waals surface area (Å²) >= 11 is 3.36. The van der Waals surface area contributed by atoms with E-state index >= 15 is 0 Å². The molecule has 18 heavy (non-hydrogen) atoms. The first kappa shape index (κ1) is 15.7. The molecule has 1 unspecified atom stereocenters. The van der Waals surface area contributed by atoms with Gasteiger partial charge in [0.15, 0.2) is 5.03 Å². The lowest BCUT2D eigenvalue weighted by atomic mass is 9.86. The molecule has 1 aromatic heterocycles. The summed E-state index contributed by atoms with van der Waals surface area (Å²) in [5.74, 6) is 0.586.